The Bertz CT molecular complexity index is 6000. The number of β-lactam (4-membered cyclic amide) rings is 1. The summed E-state index contributed by atoms with van der Waals surface area (Å²) in [5, 5.41) is 30.4. The van der Waals surface area contributed by atoms with E-state index in [-0.39, 0.29) is 87.7 Å². The lowest BCUT2D eigenvalue weighted by molar-refractivity contribution is -0.152. The lowest BCUT2D eigenvalue weighted by Crippen LogP contribution is -2.61. The number of esters is 1. The van der Waals surface area contributed by atoms with Gasteiger partial charge in [-0.15, -0.1) is 0 Å². The number of imide groups is 1. The first-order chi connectivity index (χ1) is 63.0. The number of para-hydroxylation sites is 1. The lowest BCUT2D eigenvalue weighted by atomic mass is 9.84. The molecule has 0 spiro atoms. The molecular formula is C79H91FN6O41P8. The van der Waals surface area contributed by atoms with Crippen LogP contribution in [0.3, 0.4) is 0 Å². The van der Waals surface area contributed by atoms with Crippen LogP contribution in [0, 0.1) is 18.2 Å². The van der Waals surface area contributed by atoms with Gasteiger partial charge in [0.05, 0.1) is 29.2 Å². The Morgan fingerprint density at radius 1 is 0.489 bits per heavy atom. The number of hydrogen-bond acceptors (Lipinski definition) is 37. The van der Waals surface area contributed by atoms with Gasteiger partial charge in [-0.25, -0.2) is 28.5 Å². The zero-order valence-electron chi connectivity index (χ0n) is 71.9. The van der Waals surface area contributed by atoms with Crippen LogP contribution in [-0.4, -0.2) is 184 Å². The molecule has 47 nitrogen and oxygen atoms in total. The smallest absolute Gasteiger partial charge is 0.464 e. The van der Waals surface area contributed by atoms with E-state index in [1.165, 1.54) is 171 Å². The number of aryl methyl sites for hydroxylation is 1. The SMILES string of the molecule is CC1(C)CN(C(=O)Oc2ccc(C3OP(=O)(O)C(O)(Cc4cccnc4)P(=O)(O)O3)c(F)c2)C1=O.CCCN(CCOC(C)=O)C(=O)Oc1ccc(C2OP(=O)(O)C(O)(Cc3cccnc3)P(=O)(O)O2)cc1.Cc1ccc(OC(=O)OC(C)C)c(C2OP(=O)(O)C(O)(Cc3cccnc3)P(=O)(O)O2)c1.O=C(Oc1ccccc1C1OP(=O)(O)C(O)(Cc2cccnc2)P(=O)(O)O1)OC1CC1. The quantitative estimate of drug-likeness (QED) is 0.00930. The van der Waals surface area contributed by atoms with E-state index in [4.69, 9.17) is 69.3 Å². The number of rotatable bonds is 23. The predicted molar refractivity (Wildman–Crippen MR) is 459 cm³/mol. The Labute approximate surface area is 766 Å². The highest BCUT2D eigenvalue weighted by Crippen LogP contribution is 2.83. The Morgan fingerprint density at radius 3 is 1.27 bits per heavy atom. The van der Waals surface area contributed by atoms with Gasteiger partial charge in [-0.2, -0.15) is 0 Å². The Morgan fingerprint density at radius 2 is 0.889 bits per heavy atom. The van der Waals surface area contributed by atoms with Crippen LogP contribution < -0.4 is 18.9 Å². The fourth-order valence-electron chi connectivity index (χ4n) is 12.8. The van der Waals surface area contributed by atoms with Gasteiger partial charge in [0.15, 0.2) is 0 Å². The number of ether oxygens (including phenoxy) is 7. The van der Waals surface area contributed by atoms with Crippen LogP contribution in [0.4, 0.5) is 23.6 Å². The van der Waals surface area contributed by atoms with Gasteiger partial charge in [0.25, 0.3) is 20.3 Å². The first-order valence-corrected chi connectivity index (χ1v) is 52.7. The van der Waals surface area contributed by atoms with Crippen LogP contribution in [0.25, 0.3) is 0 Å². The van der Waals surface area contributed by atoms with Crippen LogP contribution in [0.15, 0.2) is 183 Å². The molecule has 8 unspecified atom stereocenters. The van der Waals surface area contributed by atoms with Gasteiger partial charge in [-0.05, 0) is 143 Å². The predicted octanol–water partition coefficient (Wildman–Crippen LogP) is 12.7. The summed E-state index contributed by atoms with van der Waals surface area (Å²) in [4.78, 5) is 172. The molecule has 8 atom stereocenters. The number of likely N-dealkylation sites (tertiary alicyclic amines) is 1. The van der Waals surface area contributed by atoms with E-state index < -0.39 is 191 Å². The monoisotopic (exact) mass is 2050 g/mol. The van der Waals surface area contributed by atoms with E-state index in [0.717, 1.165) is 29.9 Å². The molecule has 9 heterocycles. The summed E-state index contributed by atoms with van der Waals surface area (Å²) in [5.41, 5.74) is -0.0514. The van der Waals surface area contributed by atoms with E-state index in [9.17, 15) is 129 Å². The molecule has 0 bridgehead atoms. The van der Waals surface area contributed by atoms with E-state index >= 15 is 0 Å². The van der Waals surface area contributed by atoms with E-state index in [2.05, 4.69) is 19.9 Å². The van der Waals surface area contributed by atoms with Crippen molar-refractivity contribution in [1.82, 2.24) is 29.7 Å². The number of hydrogen-bond donors (Lipinski definition) is 12. The molecule has 56 heteroatoms. The van der Waals surface area contributed by atoms with Gasteiger partial charge in [0.1, 0.15) is 41.5 Å². The van der Waals surface area contributed by atoms with Crippen molar-refractivity contribution in [1.29, 1.82) is 0 Å². The summed E-state index contributed by atoms with van der Waals surface area (Å²) in [6.45, 7) is 11.9. The number of aliphatic hydroxyl groups is 4. The average Bonchev–Trinajstić information content (AvgIpc) is 1.19. The molecule has 135 heavy (non-hydrogen) atoms. The number of nitrogens with zero attached hydrogens (tertiary/aromatic N) is 6. The summed E-state index contributed by atoms with van der Waals surface area (Å²) in [6.07, 6.45) is -2.34. The number of pyridine rings is 4. The fraction of sp³-hybridized carbons (Fsp3) is 0.367. The molecule has 1 saturated carbocycles. The molecular weight excluding hydrogens is 1960 g/mol. The molecule has 14 rings (SSSR count). The van der Waals surface area contributed by atoms with Crippen molar-refractivity contribution in [3.8, 4) is 23.0 Å². The van der Waals surface area contributed by atoms with Gasteiger partial charge >= 0.3 is 91.2 Å². The minimum absolute atomic E-state index is 0.00922. The number of carbonyl (C=O) groups is 6. The maximum Gasteiger partial charge on any atom is 0.514 e. The van der Waals surface area contributed by atoms with Crippen LogP contribution in [0.5, 0.6) is 23.0 Å². The van der Waals surface area contributed by atoms with E-state index in [1.54, 1.807) is 40.7 Å². The average molecular weight is 2050 g/mol. The summed E-state index contributed by atoms with van der Waals surface area (Å²) in [6, 6.07) is 29.6. The highest BCUT2D eigenvalue weighted by Gasteiger charge is 2.71. The number of aromatic nitrogens is 4. The largest absolute Gasteiger partial charge is 0.514 e. The van der Waals surface area contributed by atoms with Gasteiger partial charge in [0.2, 0.25) is 31.1 Å². The van der Waals surface area contributed by atoms with Crippen LogP contribution in [0.1, 0.15) is 136 Å². The normalized spacial score (nSPS) is 30.5. The summed E-state index contributed by atoms with van der Waals surface area (Å²) >= 11 is 0. The van der Waals surface area contributed by atoms with E-state index in [1.807, 2.05) is 6.92 Å². The van der Waals surface area contributed by atoms with Crippen molar-refractivity contribution >= 4 is 97.1 Å². The molecule has 0 radical (unpaired) electrons. The second kappa shape index (κ2) is 42.2. The molecule has 5 aliphatic heterocycles. The number of halogens is 1. The molecule has 4 aromatic heterocycles. The number of carbonyl (C=O) groups excluding carboxylic acids is 6. The third-order valence-electron chi connectivity index (χ3n) is 20.1. The van der Waals surface area contributed by atoms with Crippen molar-refractivity contribution < 1.29 is 199 Å². The third-order valence-corrected chi connectivity index (χ3v) is 38.5. The molecule has 4 aromatic carbocycles. The molecule has 6 fully saturated rings. The highest BCUT2D eigenvalue weighted by molar-refractivity contribution is 7.75. The van der Waals surface area contributed by atoms with Crippen molar-refractivity contribution in [2.75, 3.05) is 26.2 Å². The molecule has 5 saturated heterocycles. The first-order valence-electron chi connectivity index (χ1n) is 40.1. The first kappa shape index (κ1) is 106. The van der Waals surface area contributed by atoms with Crippen molar-refractivity contribution in [2.45, 2.75) is 151 Å². The van der Waals surface area contributed by atoms with Crippen molar-refractivity contribution in [2.24, 2.45) is 5.41 Å². The minimum Gasteiger partial charge on any atom is -0.464 e. The number of benzene rings is 4. The van der Waals surface area contributed by atoms with Gasteiger partial charge in [-0.1, -0.05) is 73.2 Å². The van der Waals surface area contributed by atoms with E-state index in [0.29, 0.717) is 24.6 Å². The van der Waals surface area contributed by atoms with Gasteiger partial charge < -0.3 is 97.6 Å². The molecule has 3 amide bonds. The van der Waals surface area contributed by atoms with Crippen molar-refractivity contribution in [3.63, 3.8) is 0 Å². The fourth-order valence-corrected chi connectivity index (χ4v) is 27.1. The minimum atomic E-state index is -5.31. The second-order valence-corrected chi connectivity index (χ2v) is 48.8. The second-order valence-electron chi connectivity index (χ2n) is 31.4. The summed E-state index contributed by atoms with van der Waals surface area (Å²) in [5.74, 6) is -2.64. The van der Waals surface area contributed by atoms with Crippen molar-refractivity contribution in [3.05, 3.63) is 239 Å². The zero-order chi connectivity index (χ0) is 99.1. The van der Waals surface area contributed by atoms with Gasteiger partial charge in [0, 0.05) is 112 Å². The third kappa shape index (κ3) is 24.5. The molecule has 8 aromatic rings. The standard InChI is InChI=1S/C22H28N2O11P2.C20H21FN2O10P2.C19H23NO10P2.C18H19NO10P2/c1-3-11-24(12-13-32-16(2)25)21(26)33-19-8-6-18(7-9-19)20-34-36(28,29)22(27,37(30,31)35-20)14-17-5-4-10-23-15-17;1-19(2)11-23(17(19)24)18(25)31-13-5-6-14(15(21)8-13)16-32-34(27,28)20(26,35(29,30)33-16)9-12-4-3-7-22-10-12;1-12(2)27-18(21)28-16-7-6-13(3)9-15(16)17-29-31(23,24)19(22,32(25,26)30-17)10-14-5-4-8-20-11-14;20-17(26-13-7-8-13)27-15-6-2-1-5-14(15)16-28-30(22,23)18(21,31(24,25)29-16)10-12-4-3-9-19-11-12/h4-10,15,20,27H,3,11-14H2,1-2H3,(H,28,29)(H,30,31);3-8,10,16,26H,9,11H2,1-2H3,(H,27,28)(H,29,30);4-9,11-12,17,22H,10H2,1-3H3,(H,23,24)(H,25,26);1-6,9,11,13,16,21H,7-8,10H2,(H,22,23)(H,24,25). The van der Waals surface area contributed by atoms with Crippen LogP contribution in [-0.2, 0) is 122 Å². The Hall–Kier alpha value is -9.33. The molecule has 730 valence electrons. The van der Waals surface area contributed by atoms with Crippen LogP contribution in [0.2, 0.25) is 0 Å². The maximum absolute atomic E-state index is 14.8. The summed E-state index contributed by atoms with van der Waals surface area (Å²) in [7, 11) is -41.6. The Kier molecular flexibility index (Phi) is 33.1. The van der Waals surface area contributed by atoms with Gasteiger partial charge in [-0.3, -0.25) is 102 Å². The summed E-state index contributed by atoms with van der Waals surface area (Å²) < 4.78 is 193. The highest BCUT2D eigenvalue weighted by atomic mass is 31.3. The number of amides is 3. The maximum atomic E-state index is 14.8. The topological polar surface area (TPSA) is 678 Å². The Balaban J connectivity index is 0.000000173. The molecule has 12 N–H and O–H groups in total. The lowest BCUT2D eigenvalue weighted by Gasteiger charge is -2.41. The molecule has 6 aliphatic rings. The zero-order valence-corrected chi connectivity index (χ0v) is 79.1. The van der Waals surface area contributed by atoms with Crippen LogP contribution >= 0.6 is 60.8 Å². The molecule has 1 aliphatic carbocycles.